The lowest BCUT2D eigenvalue weighted by atomic mass is 9.96. The number of rotatable bonds is 9. The zero-order valence-electron chi connectivity index (χ0n) is 20.5. The minimum atomic E-state index is -3.98. The first-order valence-corrected chi connectivity index (χ1v) is 13.5. The van der Waals surface area contributed by atoms with Crippen LogP contribution < -0.4 is 20.5 Å². The Morgan fingerprint density at radius 2 is 1.53 bits per heavy atom. The second kappa shape index (κ2) is 11.8. The predicted octanol–water partition coefficient (Wildman–Crippen LogP) is 2.73. The van der Waals surface area contributed by atoms with E-state index in [4.69, 9.17) is 10.5 Å². The summed E-state index contributed by atoms with van der Waals surface area (Å²) in [6.07, 6.45) is 1.00. The number of amides is 3. The van der Waals surface area contributed by atoms with Gasteiger partial charge in [0.05, 0.1) is 17.1 Å². The van der Waals surface area contributed by atoms with Gasteiger partial charge < -0.3 is 20.7 Å². The first kappa shape index (κ1) is 26.7. The SMILES string of the molecule is NC(=O)C1CCN(C(=O)CNC(=O)c2ccc(S(=O)(=O)Nc3ccccc3Oc3ccccc3)cc2)CC1. The number of primary amides is 1. The maximum absolute atomic E-state index is 13.0. The maximum atomic E-state index is 13.0. The number of hydrogen-bond acceptors (Lipinski definition) is 6. The quantitative estimate of drug-likeness (QED) is 0.383. The largest absolute Gasteiger partial charge is 0.455 e. The van der Waals surface area contributed by atoms with Gasteiger partial charge in [0, 0.05) is 24.6 Å². The van der Waals surface area contributed by atoms with E-state index in [1.807, 2.05) is 18.2 Å². The molecule has 1 saturated heterocycles. The third-order valence-electron chi connectivity index (χ3n) is 6.18. The standard InChI is InChI=1S/C27H28N4O6S/c28-26(33)19-14-16-31(17-15-19)25(32)18-29-27(34)20-10-12-22(13-11-20)38(35,36)30-23-8-4-5-9-24(23)37-21-6-2-1-3-7-21/h1-13,19,30H,14-18H2,(H2,28,33)(H,29,34). The summed E-state index contributed by atoms with van der Waals surface area (Å²) in [6.45, 7) is 0.600. The van der Waals surface area contributed by atoms with E-state index in [2.05, 4.69) is 10.0 Å². The molecule has 1 heterocycles. The van der Waals surface area contributed by atoms with Crippen LogP contribution in [0.3, 0.4) is 0 Å². The van der Waals surface area contributed by atoms with Gasteiger partial charge in [-0.25, -0.2) is 8.42 Å². The third kappa shape index (κ3) is 6.68. The van der Waals surface area contributed by atoms with Crippen LogP contribution >= 0.6 is 0 Å². The number of anilines is 1. The van der Waals surface area contributed by atoms with Crippen LogP contribution in [-0.2, 0) is 19.6 Å². The summed E-state index contributed by atoms with van der Waals surface area (Å²) in [5.74, 6) is -0.478. The molecule has 1 fully saturated rings. The van der Waals surface area contributed by atoms with Gasteiger partial charge >= 0.3 is 0 Å². The number of ether oxygens (including phenoxy) is 1. The molecule has 1 aliphatic rings. The van der Waals surface area contributed by atoms with Gasteiger partial charge in [0.2, 0.25) is 11.8 Å². The van der Waals surface area contributed by atoms with Gasteiger partial charge in [-0.1, -0.05) is 30.3 Å². The van der Waals surface area contributed by atoms with Gasteiger partial charge in [-0.05, 0) is 61.4 Å². The van der Waals surface area contributed by atoms with Crippen LogP contribution in [0.25, 0.3) is 0 Å². The zero-order chi connectivity index (χ0) is 27.1. The molecule has 1 aliphatic heterocycles. The highest BCUT2D eigenvalue weighted by atomic mass is 32.2. The van der Waals surface area contributed by atoms with Crippen molar-refractivity contribution in [1.29, 1.82) is 0 Å². The highest BCUT2D eigenvalue weighted by Crippen LogP contribution is 2.31. The fraction of sp³-hybridized carbons (Fsp3) is 0.222. The fourth-order valence-electron chi connectivity index (χ4n) is 4.03. The van der Waals surface area contributed by atoms with Crippen molar-refractivity contribution in [2.24, 2.45) is 11.7 Å². The van der Waals surface area contributed by atoms with Crippen LogP contribution in [0.2, 0.25) is 0 Å². The number of sulfonamides is 1. The lowest BCUT2D eigenvalue weighted by molar-refractivity contribution is -0.133. The molecule has 4 rings (SSSR count). The molecule has 0 bridgehead atoms. The number of nitrogens with two attached hydrogens (primary N) is 1. The van der Waals surface area contributed by atoms with E-state index in [0.29, 0.717) is 37.4 Å². The van der Waals surface area contributed by atoms with Gasteiger partial charge in [0.25, 0.3) is 15.9 Å². The molecule has 0 atom stereocenters. The van der Waals surface area contributed by atoms with Gasteiger partial charge in [0.1, 0.15) is 5.75 Å². The summed E-state index contributed by atoms with van der Waals surface area (Å²) in [5, 5.41) is 2.56. The molecule has 38 heavy (non-hydrogen) atoms. The number of carbonyl (C=O) groups is 3. The lowest BCUT2D eigenvalue weighted by Gasteiger charge is -2.30. The zero-order valence-corrected chi connectivity index (χ0v) is 21.3. The molecule has 0 aromatic heterocycles. The lowest BCUT2D eigenvalue weighted by Crippen LogP contribution is -2.45. The topological polar surface area (TPSA) is 148 Å². The Labute approximate surface area is 220 Å². The van der Waals surface area contributed by atoms with E-state index in [1.165, 1.54) is 24.3 Å². The molecule has 3 aromatic carbocycles. The van der Waals surface area contributed by atoms with Crippen LogP contribution in [-0.4, -0.2) is 50.7 Å². The van der Waals surface area contributed by atoms with E-state index in [0.717, 1.165) is 0 Å². The highest BCUT2D eigenvalue weighted by molar-refractivity contribution is 7.92. The molecular weight excluding hydrogens is 508 g/mol. The average molecular weight is 537 g/mol. The van der Waals surface area contributed by atoms with Crippen molar-refractivity contribution < 1.29 is 27.5 Å². The molecule has 0 radical (unpaired) electrons. The van der Waals surface area contributed by atoms with E-state index in [1.54, 1.807) is 41.3 Å². The smallest absolute Gasteiger partial charge is 0.262 e. The molecular formula is C27H28N4O6S. The first-order valence-electron chi connectivity index (χ1n) is 12.0. The highest BCUT2D eigenvalue weighted by Gasteiger charge is 2.26. The summed E-state index contributed by atoms with van der Waals surface area (Å²) in [4.78, 5) is 37.7. The Bertz CT molecular complexity index is 1400. The third-order valence-corrected chi connectivity index (χ3v) is 7.56. The van der Waals surface area contributed by atoms with Crippen molar-refractivity contribution in [1.82, 2.24) is 10.2 Å². The summed E-state index contributed by atoms with van der Waals surface area (Å²) in [5.41, 5.74) is 5.78. The number of hydrogen-bond donors (Lipinski definition) is 3. The molecule has 3 amide bonds. The van der Waals surface area contributed by atoms with Gasteiger partial charge in [-0.3, -0.25) is 19.1 Å². The molecule has 0 saturated carbocycles. The Hall–Kier alpha value is -4.38. The Morgan fingerprint density at radius 1 is 0.895 bits per heavy atom. The number of piperidine rings is 1. The fourth-order valence-corrected chi connectivity index (χ4v) is 5.10. The van der Waals surface area contributed by atoms with Crippen LogP contribution in [0.5, 0.6) is 11.5 Å². The normalized spacial score (nSPS) is 13.9. The molecule has 0 unspecified atom stereocenters. The van der Waals surface area contributed by atoms with Gasteiger partial charge in [0.15, 0.2) is 5.75 Å². The Kier molecular flexibility index (Phi) is 8.27. The molecule has 0 spiro atoms. The number of para-hydroxylation sites is 3. The molecule has 0 aliphatic carbocycles. The molecule has 10 nitrogen and oxygen atoms in total. The summed E-state index contributed by atoms with van der Waals surface area (Å²) in [6, 6.07) is 21.0. The van der Waals surface area contributed by atoms with Crippen LogP contribution in [0.1, 0.15) is 23.2 Å². The van der Waals surface area contributed by atoms with Crippen molar-refractivity contribution in [2.45, 2.75) is 17.7 Å². The molecule has 4 N–H and O–H groups in total. The Balaban J connectivity index is 1.35. The van der Waals surface area contributed by atoms with Gasteiger partial charge in [-0.15, -0.1) is 0 Å². The summed E-state index contributed by atoms with van der Waals surface area (Å²) in [7, 11) is -3.98. The van der Waals surface area contributed by atoms with Crippen LogP contribution in [0.4, 0.5) is 5.69 Å². The number of nitrogens with one attached hydrogen (secondary N) is 2. The summed E-state index contributed by atoms with van der Waals surface area (Å²) < 4.78 is 34.3. The molecule has 198 valence electrons. The molecule has 3 aromatic rings. The Morgan fingerprint density at radius 3 is 2.18 bits per heavy atom. The van der Waals surface area contributed by atoms with E-state index in [9.17, 15) is 22.8 Å². The minimum Gasteiger partial charge on any atom is -0.455 e. The predicted molar refractivity (Wildman–Crippen MR) is 141 cm³/mol. The maximum Gasteiger partial charge on any atom is 0.262 e. The van der Waals surface area contributed by atoms with E-state index in [-0.39, 0.29) is 40.4 Å². The number of likely N-dealkylation sites (tertiary alicyclic amines) is 1. The second-order valence-electron chi connectivity index (χ2n) is 8.78. The monoisotopic (exact) mass is 536 g/mol. The number of benzene rings is 3. The van der Waals surface area contributed by atoms with E-state index < -0.39 is 15.9 Å². The number of carbonyl (C=O) groups excluding carboxylic acids is 3. The van der Waals surface area contributed by atoms with E-state index >= 15 is 0 Å². The van der Waals surface area contributed by atoms with Crippen LogP contribution in [0, 0.1) is 5.92 Å². The van der Waals surface area contributed by atoms with Crippen molar-refractivity contribution in [2.75, 3.05) is 24.4 Å². The first-order chi connectivity index (χ1) is 18.2. The van der Waals surface area contributed by atoms with Crippen molar-refractivity contribution in [3.05, 3.63) is 84.4 Å². The number of nitrogens with zero attached hydrogens (tertiary/aromatic N) is 1. The van der Waals surface area contributed by atoms with Gasteiger partial charge in [-0.2, -0.15) is 0 Å². The van der Waals surface area contributed by atoms with Crippen LogP contribution in [0.15, 0.2) is 83.8 Å². The average Bonchev–Trinajstić information content (AvgIpc) is 2.93. The summed E-state index contributed by atoms with van der Waals surface area (Å²) >= 11 is 0. The van der Waals surface area contributed by atoms with Crippen molar-refractivity contribution >= 4 is 33.4 Å². The van der Waals surface area contributed by atoms with Crippen molar-refractivity contribution in [3.63, 3.8) is 0 Å². The second-order valence-corrected chi connectivity index (χ2v) is 10.5. The van der Waals surface area contributed by atoms with Crippen molar-refractivity contribution in [3.8, 4) is 11.5 Å². The minimum absolute atomic E-state index is 0.0445. The molecule has 11 heteroatoms.